The van der Waals surface area contributed by atoms with Gasteiger partial charge in [0, 0.05) is 5.56 Å². The molecule has 1 aliphatic carbocycles. The van der Waals surface area contributed by atoms with Gasteiger partial charge in [-0.1, -0.05) is 36.4 Å². The van der Waals surface area contributed by atoms with E-state index in [0.717, 1.165) is 5.56 Å². The Morgan fingerprint density at radius 1 is 1.45 bits per heavy atom. The topological polar surface area (TPSA) is 43.4 Å². The van der Waals surface area contributed by atoms with E-state index in [1.165, 1.54) is 6.08 Å². The Morgan fingerprint density at radius 3 is 2.90 bits per heavy atom. The molecule has 0 heterocycles. The fourth-order valence-electron chi connectivity index (χ4n) is 2.53. The van der Waals surface area contributed by atoms with Gasteiger partial charge in [-0.15, -0.1) is 6.58 Å². The maximum absolute atomic E-state index is 12.3. The average Bonchev–Trinajstić information content (AvgIpc) is 2.58. The van der Waals surface area contributed by atoms with Crippen molar-refractivity contribution in [2.45, 2.75) is 19.8 Å². The van der Waals surface area contributed by atoms with E-state index in [1.807, 2.05) is 18.2 Å². The molecule has 0 spiro atoms. The first-order valence-corrected chi connectivity index (χ1v) is 6.72. The summed E-state index contributed by atoms with van der Waals surface area (Å²) in [4.78, 5) is 24.5. The third-order valence-corrected chi connectivity index (χ3v) is 3.53. The normalized spacial score (nSPS) is 20.9. The molecule has 0 aliphatic heterocycles. The molecule has 1 aromatic rings. The number of hydrogen-bond donors (Lipinski definition) is 0. The number of ketones is 1. The first kappa shape index (κ1) is 14.3. The van der Waals surface area contributed by atoms with Crippen molar-refractivity contribution >= 4 is 11.8 Å². The van der Waals surface area contributed by atoms with E-state index < -0.39 is 5.41 Å². The van der Waals surface area contributed by atoms with Crippen LogP contribution in [0.1, 0.15) is 29.3 Å². The number of esters is 1. The molecule has 0 radical (unpaired) electrons. The van der Waals surface area contributed by atoms with E-state index in [1.54, 1.807) is 25.1 Å². The summed E-state index contributed by atoms with van der Waals surface area (Å²) in [6.07, 6.45) is 5.75. The van der Waals surface area contributed by atoms with Crippen molar-refractivity contribution in [3.05, 3.63) is 60.2 Å². The minimum Gasteiger partial charge on any atom is -0.465 e. The van der Waals surface area contributed by atoms with Crippen molar-refractivity contribution in [2.24, 2.45) is 5.41 Å². The van der Waals surface area contributed by atoms with Crippen LogP contribution in [0.25, 0.3) is 0 Å². The lowest BCUT2D eigenvalue weighted by molar-refractivity contribution is -0.152. The first-order chi connectivity index (χ1) is 9.63. The molecule has 0 N–H and O–H groups in total. The zero-order valence-corrected chi connectivity index (χ0v) is 11.6. The molecule has 0 fully saturated rings. The predicted molar refractivity (Wildman–Crippen MR) is 77.5 cm³/mol. The second-order valence-electron chi connectivity index (χ2n) is 4.90. The third kappa shape index (κ3) is 2.57. The fraction of sp³-hybridized carbons (Fsp3) is 0.294. The van der Waals surface area contributed by atoms with Crippen LogP contribution < -0.4 is 0 Å². The van der Waals surface area contributed by atoms with E-state index in [9.17, 15) is 9.59 Å². The SMILES string of the molecule is C=CCC1(C(=O)OCC)C=CC(=O)c2ccccc2C1. The molecule has 1 atom stereocenters. The van der Waals surface area contributed by atoms with Crippen LogP contribution in [0.5, 0.6) is 0 Å². The lowest BCUT2D eigenvalue weighted by atomic mass is 9.78. The van der Waals surface area contributed by atoms with E-state index in [4.69, 9.17) is 4.74 Å². The molecule has 3 nitrogen and oxygen atoms in total. The molecule has 0 bridgehead atoms. The summed E-state index contributed by atoms with van der Waals surface area (Å²) < 4.78 is 5.19. The summed E-state index contributed by atoms with van der Waals surface area (Å²) in [5, 5.41) is 0. The molecule has 1 aromatic carbocycles. The molecule has 0 saturated heterocycles. The predicted octanol–water partition coefficient (Wildman–Crippen LogP) is 3.11. The van der Waals surface area contributed by atoms with Gasteiger partial charge in [-0.3, -0.25) is 9.59 Å². The van der Waals surface area contributed by atoms with E-state index in [-0.39, 0.29) is 11.8 Å². The van der Waals surface area contributed by atoms with Crippen LogP contribution in [0.15, 0.2) is 49.1 Å². The highest BCUT2D eigenvalue weighted by Gasteiger charge is 2.38. The lowest BCUT2D eigenvalue weighted by Gasteiger charge is -2.26. The summed E-state index contributed by atoms with van der Waals surface area (Å²) in [6.45, 7) is 5.82. The van der Waals surface area contributed by atoms with Gasteiger partial charge in [-0.05, 0) is 31.4 Å². The Kier molecular flexibility index (Phi) is 4.18. The number of carbonyl (C=O) groups is 2. The summed E-state index contributed by atoms with van der Waals surface area (Å²) >= 11 is 0. The Bertz CT molecular complexity index is 571. The molecule has 3 heteroatoms. The minimum absolute atomic E-state index is 0.0733. The molecule has 104 valence electrons. The Morgan fingerprint density at radius 2 is 2.20 bits per heavy atom. The summed E-state index contributed by atoms with van der Waals surface area (Å²) in [5.41, 5.74) is 0.691. The molecule has 0 aromatic heterocycles. The Hall–Kier alpha value is -2.16. The smallest absolute Gasteiger partial charge is 0.316 e. The van der Waals surface area contributed by atoms with Gasteiger partial charge in [0.1, 0.15) is 0 Å². The van der Waals surface area contributed by atoms with Gasteiger partial charge in [0.15, 0.2) is 5.78 Å². The molecule has 0 saturated carbocycles. The van der Waals surface area contributed by atoms with Crippen LogP contribution >= 0.6 is 0 Å². The van der Waals surface area contributed by atoms with E-state index in [2.05, 4.69) is 6.58 Å². The van der Waals surface area contributed by atoms with Gasteiger partial charge in [0.2, 0.25) is 0 Å². The zero-order valence-electron chi connectivity index (χ0n) is 11.6. The second-order valence-corrected chi connectivity index (χ2v) is 4.90. The standard InChI is InChI=1S/C17H18O3/c1-3-10-17(16(19)20-4-2)11-9-15(18)14-8-6-5-7-13(14)12-17/h3,5-9,11H,1,4,10,12H2,2H3. The summed E-state index contributed by atoms with van der Waals surface area (Å²) in [5.74, 6) is -0.378. The number of allylic oxidation sites excluding steroid dienone is 2. The largest absolute Gasteiger partial charge is 0.465 e. The number of carbonyl (C=O) groups excluding carboxylic acids is 2. The lowest BCUT2D eigenvalue weighted by Crippen LogP contribution is -2.33. The van der Waals surface area contributed by atoms with Gasteiger partial charge >= 0.3 is 5.97 Å². The molecular formula is C17H18O3. The molecule has 20 heavy (non-hydrogen) atoms. The van der Waals surface area contributed by atoms with Crippen molar-refractivity contribution < 1.29 is 14.3 Å². The van der Waals surface area contributed by atoms with E-state index in [0.29, 0.717) is 25.0 Å². The van der Waals surface area contributed by atoms with Crippen molar-refractivity contribution in [1.29, 1.82) is 0 Å². The molecule has 1 unspecified atom stereocenters. The average molecular weight is 270 g/mol. The fourth-order valence-corrected chi connectivity index (χ4v) is 2.53. The molecule has 2 rings (SSSR count). The van der Waals surface area contributed by atoms with Gasteiger partial charge in [-0.2, -0.15) is 0 Å². The zero-order chi connectivity index (χ0) is 14.6. The van der Waals surface area contributed by atoms with E-state index >= 15 is 0 Å². The van der Waals surface area contributed by atoms with Crippen LogP contribution in [0, 0.1) is 5.41 Å². The maximum Gasteiger partial charge on any atom is 0.316 e. The highest BCUT2D eigenvalue weighted by Crippen LogP contribution is 2.35. The summed E-state index contributed by atoms with van der Waals surface area (Å²) in [7, 11) is 0. The van der Waals surface area contributed by atoms with Crippen LogP contribution in [0.2, 0.25) is 0 Å². The number of hydrogen-bond acceptors (Lipinski definition) is 3. The quantitative estimate of drug-likeness (QED) is 0.623. The Balaban J connectivity index is 2.49. The minimum atomic E-state index is -0.833. The molecule has 1 aliphatic rings. The van der Waals surface area contributed by atoms with Gasteiger partial charge < -0.3 is 4.74 Å². The van der Waals surface area contributed by atoms with Gasteiger partial charge in [0.05, 0.1) is 12.0 Å². The summed E-state index contributed by atoms with van der Waals surface area (Å²) in [6, 6.07) is 7.38. The van der Waals surface area contributed by atoms with Crippen molar-refractivity contribution in [1.82, 2.24) is 0 Å². The highest BCUT2D eigenvalue weighted by atomic mass is 16.5. The molecule has 0 amide bonds. The number of benzene rings is 1. The van der Waals surface area contributed by atoms with Crippen molar-refractivity contribution in [2.75, 3.05) is 6.61 Å². The van der Waals surface area contributed by atoms with Crippen molar-refractivity contribution in [3.63, 3.8) is 0 Å². The molecular weight excluding hydrogens is 252 g/mol. The van der Waals surface area contributed by atoms with Gasteiger partial charge in [-0.25, -0.2) is 0 Å². The van der Waals surface area contributed by atoms with Crippen LogP contribution in [0.4, 0.5) is 0 Å². The first-order valence-electron chi connectivity index (χ1n) is 6.72. The van der Waals surface area contributed by atoms with Gasteiger partial charge in [0.25, 0.3) is 0 Å². The van der Waals surface area contributed by atoms with Crippen molar-refractivity contribution in [3.8, 4) is 0 Å². The Labute approximate surface area is 118 Å². The van der Waals surface area contributed by atoms with Crippen LogP contribution in [-0.2, 0) is 16.0 Å². The monoisotopic (exact) mass is 270 g/mol. The van der Waals surface area contributed by atoms with Crippen LogP contribution in [0.3, 0.4) is 0 Å². The van der Waals surface area contributed by atoms with Crippen LogP contribution in [-0.4, -0.2) is 18.4 Å². The second kappa shape index (κ2) is 5.87. The highest BCUT2D eigenvalue weighted by molar-refractivity contribution is 6.06. The third-order valence-electron chi connectivity index (χ3n) is 3.53. The number of rotatable bonds is 4. The number of fused-ring (bicyclic) bond motifs is 1. The maximum atomic E-state index is 12.3. The number of ether oxygens (including phenoxy) is 1.